The highest BCUT2D eigenvalue weighted by Gasteiger charge is 2.30. The van der Waals surface area contributed by atoms with E-state index in [-0.39, 0.29) is 12.1 Å². The first kappa shape index (κ1) is 31.0. The number of ether oxygens (including phenoxy) is 3. The summed E-state index contributed by atoms with van der Waals surface area (Å²) in [6, 6.07) is 30.4. The highest BCUT2D eigenvalue weighted by Crippen LogP contribution is 2.37. The fourth-order valence-electron chi connectivity index (χ4n) is 5.71. The van der Waals surface area contributed by atoms with Gasteiger partial charge in [0.05, 0.1) is 11.1 Å². The Balaban J connectivity index is 1.26. The van der Waals surface area contributed by atoms with Gasteiger partial charge in [-0.05, 0) is 63.1 Å². The summed E-state index contributed by atoms with van der Waals surface area (Å²) in [6.07, 6.45) is -0.263. The van der Waals surface area contributed by atoms with Crippen molar-refractivity contribution in [3.8, 4) is 23.0 Å². The molecule has 3 aromatic carbocycles. The number of benzene rings is 3. The number of amides is 1. The number of hydrogen-bond donors (Lipinski definition) is 0. The molecule has 46 heavy (non-hydrogen) atoms. The third-order valence-corrected chi connectivity index (χ3v) is 7.98. The van der Waals surface area contributed by atoms with Crippen molar-refractivity contribution in [1.82, 2.24) is 19.7 Å². The van der Waals surface area contributed by atoms with E-state index in [4.69, 9.17) is 24.3 Å². The lowest BCUT2D eigenvalue weighted by Crippen LogP contribution is -2.54. The molecule has 5 aromatic rings. The molecule has 1 fully saturated rings. The molecule has 9 nitrogen and oxygen atoms in total. The van der Waals surface area contributed by atoms with Gasteiger partial charge in [-0.15, -0.1) is 0 Å². The van der Waals surface area contributed by atoms with E-state index in [1.54, 1.807) is 4.90 Å². The Kier molecular flexibility index (Phi) is 8.83. The van der Waals surface area contributed by atoms with E-state index in [9.17, 15) is 4.79 Å². The average Bonchev–Trinajstić information content (AvgIpc) is 3.38. The minimum Gasteiger partial charge on any atom is -0.473 e. The minimum atomic E-state index is -0.517. The smallest absolute Gasteiger partial charge is 0.410 e. The number of hydrogen-bond acceptors (Lipinski definition) is 7. The van der Waals surface area contributed by atoms with Gasteiger partial charge in [0.25, 0.3) is 0 Å². The quantitative estimate of drug-likeness (QED) is 0.181. The van der Waals surface area contributed by atoms with Gasteiger partial charge in [-0.1, -0.05) is 60.7 Å². The lowest BCUT2D eigenvalue weighted by molar-refractivity contribution is 0.0219. The third-order valence-electron chi connectivity index (χ3n) is 7.98. The summed E-state index contributed by atoms with van der Waals surface area (Å²) in [4.78, 5) is 21.6. The molecule has 9 heteroatoms. The molecule has 1 atom stereocenters. The third kappa shape index (κ3) is 7.09. The van der Waals surface area contributed by atoms with E-state index in [0.29, 0.717) is 44.6 Å². The topological polar surface area (TPSA) is 82.0 Å². The van der Waals surface area contributed by atoms with Crippen LogP contribution in [-0.4, -0.2) is 57.0 Å². The maximum absolute atomic E-state index is 12.7. The Hall–Kier alpha value is -5.05. The van der Waals surface area contributed by atoms with Gasteiger partial charge in [0.1, 0.15) is 24.5 Å². The molecule has 0 aliphatic carbocycles. The molecule has 0 spiro atoms. The average molecular weight is 620 g/mol. The normalized spacial score (nSPS) is 15.2. The SMILES string of the molecule is C[C@@H]1CN(C(=O)OC(C)(C)C)CCN1c1ccc2c(-c3ccc(OCc4ccccc4)nc3OCc3ccccc3)nn(C)c2c1. The maximum Gasteiger partial charge on any atom is 0.410 e. The van der Waals surface area contributed by atoms with E-state index in [0.717, 1.165) is 39.0 Å². The van der Waals surface area contributed by atoms with Crippen molar-refractivity contribution in [1.29, 1.82) is 0 Å². The molecular weight excluding hydrogens is 578 g/mol. The van der Waals surface area contributed by atoms with Crippen molar-refractivity contribution in [2.24, 2.45) is 7.05 Å². The summed E-state index contributed by atoms with van der Waals surface area (Å²) in [5.41, 5.74) is 5.25. The molecule has 1 aliphatic rings. The molecule has 0 saturated carbocycles. The van der Waals surface area contributed by atoms with Crippen LogP contribution in [0.5, 0.6) is 11.8 Å². The maximum atomic E-state index is 12.7. The van der Waals surface area contributed by atoms with Crippen molar-refractivity contribution >= 4 is 22.7 Å². The lowest BCUT2D eigenvalue weighted by Gasteiger charge is -2.41. The second-order valence-electron chi connectivity index (χ2n) is 12.7. The van der Waals surface area contributed by atoms with Crippen LogP contribution in [0.15, 0.2) is 91.0 Å². The van der Waals surface area contributed by atoms with E-state index < -0.39 is 5.60 Å². The Morgan fingerprint density at radius 3 is 2.20 bits per heavy atom. The Morgan fingerprint density at radius 1 is 0.870 bits per heavy atom. The van der Waals surface area contributed by atoms with Gasteiger partial charge in [0, 0.05) is 49.9 Å². The van der Waals surface area contributed by atoms with Crippen molar-refractivity contribution in [3.05, 3.63) is 102 Å². The van der Waals surface area contributed by atoms with Crippen LogP contribution in [0, 0.1) is 0 Å². The van der Waals surface area contributed by atoms with E-state index in [1.165, 1.54) is 0 Å². The van der Waals surface area contributed by atoms with Crippen LogP contribution in [0.3, 0.4) is 0 Å². The van der Waals surface area contributed by atoms with Crippen molar-refractivity contribution in [2.45, 2.75) is 52.6 Å². The predicted molar refractivity (Wildman–Crippen MR) is 180 cm³/mol. The highest BCUT2D eigenvalue weighted by atomic mass is 16.6. The number of anilines is 1. The molecule has 2 aromatic heterocycles. The molecule has 3 heterocycles. The first-order chi connectivity index (χ1) is 22.1. The Bertz CT molecular complexity index is 1800. The van der Waals surface area contributed by atoms with Crippen molar-refractivity contribution < 1.29 is 19.0 Å². The van der Waals surface area contributed by atoms with Crippen LogP contribution < -0.4 is 14.4 Å². The number of fused-ring (bicyclic) bond motifs is 1. The first-order valence-corrected chi connectivity index (χ1v) is 15.7. The summed E-state index contributed by atoms with van der Waals surface area (Å²) in [5.74, 6) is 0.947. The van der Waals surface area contributed by atoms with Crippen LogP contribution >= 0.6 is 0 Å². The van der Waals surface area contributed by atoms with Crippen LogP contribution in [-0.2, 0) is 25.0 Å². The van der Waals surface area contributed by atoms with E-state index in [1.807, 2.05) is 105 Å². The largest absolute Gasteiger partial charge is 0.473 e. The zero-order chi connectivity index (χ0) is 32.3. The predicted octanol–water partition coefficient (Wildman–Crippen LogP) is 7.24. The van der Waals surface area contributed by atoms with E-state index >= 15 is 0 Å². The Morgan fingerprint density at radius 2 is 1.54 bits per heavy atom. The molecule has 238 valence electrons. The molecule has 0 bridgehead atoms. The number of nitrogens with zero attached hydrogens (tertiary/aromatic N) is 5. The molecule has 0 radical (unpaired) electrons. The zero-order valence-electron chi connectivity index (χ0n) is 27.1. The number of carbonyl (C=O) groups excluding carboxylic acids is 1. The van der Waals surface area contributed by atoms with Gasteiger partial charge in [-0.25, -0.2) is 4.79 Å². The number of carbonyl (C=O) groups is 1. The van der Waals surface area contributed by atoms with Gasteiger partial charge in [-0.3, -0.25) is 4.68 Å². The number of aromatic nitrogens is 3. The summed E-state index contributed by atoms with van der Waals surface area (Å²) in [7, 11) is 1.95. The fraction of sp³-hybridized carbons (Fsp3) is 0.324. The van der Waals surface area contributed by atoms with Crippen molar-refractivity contribution in [3.63, 3.8) is 0 Å². The second kappa shape index (κ2) is 13.1. The number of piperazine rings is 1. The summed E-state index contributed by atoms with van der Waals surface area (Å²) >= 11 is 0. The van der Waals surface area contributed by atoms with Crippen LogP contribution in [0.4, 0.5) is 10.5 Å². The highest BCUT2D eigenvalue weighted by molar-refractivity contribution is 5.96. The van der Waals surface area contributed by atoms with Crippen molar-refractivity contribution in [2.75, 3.05) is 24.5 Å². The van der Waals surface area contributed by atoms with Gasteiger partial charge in [-0.2, -0.15) is 10.1 Å². The van der Waals surface area contributed by atoms with Gasteiger partial charge < -0.3 is 24.0 Å². The number of aryl methyl sites for hydroxylation is 1. The fourth-order valence-corrected chi connectivity index (χ4v) is 5.71. The minimum absolute atomic E-state index is 0.122. The number of rotatable bonds is 8. The summed E-state index contributed by atoms with van der Waals surface area (Å²) < 4.78 is 19.9. The second-order valence-corrected chi connectivity index (χ2v) is 12.7. The van der Waals surface area contributed by atoms with Gasteiger partial charge >= 0.3 is 6.09 Å². The molecule has 6 rings (SSSR count). The summed E-state index contributed by atoms with van der Waals surface area (Å²) in [5, 5.41) is 5.94. The molecular formula is C37H41N5O4. The van der Waals surface area contributed by atoms with Gasteiger partial charge in [0.15, 0.2) is 0 Å². The molecule has 1 amide bonds. The standard InChI is InChI=1S/C37H41N5O4/c1-26-23-41(36(43)46-37(2,3)4)20-21-42(26)29-16-17-30-32(22-29)40(5)39-34(30)31-18-19-33(44-24-27-12-8-6-9-13-27)38-35(31)45-25-28-14-10-7-11-15-28/h6-19,22,26H,20-21,23-25H2,1-5H3/t26-/m1/s1. The zero-order valence-corrected chi connectivity index (χ0v) is 27.1. The van der Waals surface area contributed by atoms with Crippen LogP contribution in [0.1, 0.15) is 38.8 Å². The Labute approximate surface area is 270 Å². The monoisotopic (exact) mass is 619 g/mol. The molecule has 1 aliphatic heterocycles. The number of pyridine rings is 1. The molecule has 1 saturated heterocycles. The van der Waals surface area contributed by atoms with E-state index in [2.05, 4.69) is 30.0 Å². The molecule has 0 N–H and O–H groups in total. The van der Waals surface area contributed by atoms with Crippen LogP contribution in [0.25, 0.3) is 22.2 Å². The molecule has 0 unspecified atom stereocenters. The summed E-state index contributed by atoms with van der Waals surface area (Å²) in [6.45, 7) is 10.5. The van der Waals surface area contributed by atoms with Crippen LogP contribution in [0.2, 0.25) is 0 Å². The lowest BCUT2D eigenvalue weighted by atomic mass is 10.1. The van der Waals surface area contributed by atoms with Gasteiger partial charge in [0.2, 0.25) is 11.8 Å². The first-order valence-electron chi connectivity index (χ1n) is 15.7.